The quantitative estimate of drug-likeness (QED) is 0.330. The molecule has 1 aliphatic rings. The van der Waals surface area contributed by atoms with Crippen molar-refractivity contribution >= 4 is 39.2 Å². The molecular weight excluding hydrogens is 458 g/mol. The van der Waals surface area contributed by atoms with E-state index in [1.165, 1.54) is 23.1 Å². The highest BCUT2D eigenvalue weighted by Crippen LogP contribution is 2.32. The third-order valence-electron chi connectivity index (χ3n) is 5.45. The van der Waals surface area contributed by atoms with E-state index >= 15 is 0 Å². The van der Waals surface area contributed by atoms with Gasteiger partial charge in [-0.15, -0.1) is 11.3 Å². The van der Waals surface area contributed by atoms with Crippen LogP contribution in [0.25, 0.3) is 15.9 Å². The van der Waals surface area contributed by atoms with Gasteiger partial charge in [-0.2, -0.15) is 0 Å². The SMILES string of the molecule is Cc1sc2nc(SCC(=O)NCc3ccc4c(c3)OCO4)n(-c3ccccc3)c(=O)c2c1C. The van der Waals surface area contributed by atoms with Crippen LogP contribution in [0.4, 0.5) is 0 Å². The van der Waals surface area contributed by atoms with Crippen LogP contribution in [0, 0.1) is 13.8 Å². The van der Waals surface area contributed by atoms with Crippen LogP contribution in [0.2, 0.25) is 0 Å². The standard InChI is InChI=1S/C24H21N3O4S2/c1-14-15(2)33-22-21(14)23(29)27(17-6-4-3-5-7-17)24(26-22)32-12-20(28)25-11-16-8-9-18-19(10-16)31-13-30-18/h3-10H,11-13H2,1-2H3,(H,25,28). The molecule has 1 amide bonds. The Bertz CT molecular complexity index is 1410. The van der Waals surface area contributed by atoms with E-state index in [1.54, 1.807) is 4.57 Å². The Morgan fingerprint density at radius 3 is 2.76 bits per heavy atom. The minimum atomic E-state index is -0.148. The summed E-state index contributed by atoms with van der Waals surface area (Å²) >= 11 is 2.75. The van der Waals surface area contributed by atoms with Gasteiger partial charge in [0.1, 0.15) is 4.83 Å². The number of carbonyl (C=O) groups is 1. The summed E-state index contributed by atoms with van der Waals surface area (Å²) < 4.78 is 12.3. The van der Waals surface area contributed by atoms with E-state index in [-0.39, 0.29) is 24.0 Å². The molecule has 9 heteroatoms. The fraction of sp³-hybridized carbons (Fsp3) is 0.208. The third-order valence-corrected chi connectivity index (χ3v) is 7.49. The molecular formula is C24H21N3O4S2. The van der Waals surface area contributed by atoms with Gasteiger partial charge in [-0.05, 0) is 49.2 Å². The molecule has 2 aromatic heterocycles. The van der Waals surface area contributed by atoms with Crippen molar-refractivity contribution in [2.45, 2.75) is 25.5 Å². The second-order valence-corrected chi connectivity index (χ2v) is 9.73. The van der Waals surface area contributed by atoms with E-state index in [4.69, 9.17) is 14.5 Å². The van der Waals surface area contributed by atoms with Crippen molar-refractivity contribution in [3.05, 3.63) is 74.9 Å². The van der Waals surface area contributed by atoms with Crippen molar-refractivity contribution in [1.82, 2.24) is 14.9 Å². The van der Waals surface area contributed by atoms with E-state index < -0.39 is 0 Å². The molecule has 0 atom stereocenters. The number of aryl methyl sites for hydroxylation is 2. The summed E-state index contributed by atoms with van der Waals surface area (Å²) in [5.41, 5.74) is 2.48. The first-order valence-electron chi connectivity index (χ1n) is 10.4. The number of para-hydroxylation sites is 1. The Labute approximate surface area is 198 Å². The van der Waals surface area contributed by atoms with Crippen LogP contribution in [0.3, 0.4) is 0 Å². The Balaban J connectivity index is 1.37. The predicted molar refractivity (Wildman–Crippen MR) is 130 cm³/mol. The average Bonchev–Trinajstić information content (AvgIpc) is 3.40. The van der Waals surface area contributed by atoms with Crippen LogP contribution in [-0.2, 0) is 11.3 Å². The number of ether oxygens (including phenoxy) is 2. The van der Waals surface area contributed by atoms with Gasteiger partial charge in [0.15, 0.2) is 16.7 Å². The van der Waals surface area contributed by atoms with Gasteiger partial charge < -0.3 is 14.8 Å². The number of benzene rings is 2. The normalized spacial score (nSPS) is 12.3. The minimum absolute atomic E-state index is 0.115. The first kappa shape index (κ1) is 21.5. The number of nitrogens with zero attached hydrogens (tertiary/aromatic N) is 2. The number of hydrogen-bond donors (Lipinski definition) is 1. The lowest BCUT2D eigenvalue weighted by molar-refractivity contribution is -0.118. The molecule has 0 saturated heterocycles. The number of rotatable bonds is 6. The zero-order valence-corrected chi connectivity index (χ0v) is 19.7. The smallest absolute Gasteiger partial charge is 0.267 e. The fourth-order valence-electron chi connectivity index (χ4n) is 3.61. The van der Waals surface area contributed by atoms with Gasteiger partial charge in [0, 0.05) is 11.4 Å². The zero-order chi connectivity index (χ0) is 22.9. The van der Waals surface area contributed by atoms with E-state index in [0.29, 0.717) is 33.4 Å². The Morgan fingerprint density at radius 2 is 1.94 bits per heavy atom. The second-order valence-electron chi connectivity index (χ2n) is 7.59. The summed E-state index contributed by atoms with van der Waals surface area (Å²) in [6, 6.07) is 15.0. The molecule has 3 heterocycles. The molecule has 4 aromatic rings. The number of hydrogen-bond acceptors (Lipinski definition) is 7. The molecule has 0 bridgehead atoms. The molecule has 0 saturated carbocycles. The predicted octanol–water partition coefficient (Wildman–Crippen LogP) is 4.20. The fourth-order valence-corrected chi connectivity index (χ4v) is 5.52. The van der Waals surface area contributed by atoms with Crippen molar-refractivity contribution < 1.29 is 14.3 Å². The lowest BCUT2D eigenvalue weighted by atomic mass is 10.2. The third kappa shape index (κ3) is 4.21. The van der Waals surface area contributed by atoms with Gasteiger partial charge in [-0.3, -0.25) is 14.2 Å². The largest absolute Gasteiger partial charge is 0.454 e. The van der Waals surface area contributed by atoms with Crippen LogP contribution < -0.4 is 20.3 Å². The van der Waals surface area contributed by atoms with E-state index in [2.05, 4.69) is 5.32 Å². The molecule has 7 nitrogen and oxygen atoms in total. The first-order chi connectivity index (χ1) is 16.0. The van der Waals surface area contributed by atoms with Crippen molar-refractivity contribution in [3.8, 4) is 17.2 Å². The molecule has 1 N–H and O–H groups in total. The number of nitrogens with one attached hydrogen (secondary N) is 1. The van der Waals surface area contributed by atoms with Crippen LogP contribution in [0.15, 0.2) is 58.5 Å². The Kier molecular flexibility index (Phi) is 5.82. The summed E-state index contributed by atoms with van der Waals surface area (Å²) in [6.07, 6.45) is 0. The highest BCUT2D eigenvalue weighted by atomic mass is 32.2. The topological polar surface area (TPSA) is 82.4 Å². The molecule has 0 aliphatic carbocycles. The summed E-state index contributed by atoms with van der Waals surface area (Å²) in [4.78, 5) is 32.5. The lowest BCUT2D eigenvalue weighted by Gasteiger charge is -2.12. The molecule has 0 spiro atoms. The van der Waals surface area contributed by atoms with Crippen molar-refractivity contribution in [2.75, 3.05) is 12.5 Å². The maximum Gasteiger partial charge on any atom is 0.267 e. The van der Waals surface area contributed by atoms with Gasteiger partial charge in [0.05, 0.1) is 16.8 Å². The molecule has 0 radical (unpaired) electrons. The van der Waals surface area contributed by atoms with E-state index in [9.17, 15) is 9.59 Å². The molecule has 2 aromatic carbocycles. The van der Waals surface area contributed by atoms with Crippen LogP contribution in [-0.4, -0.2) is 28.0 Å². The molecule has 0 unspecified atom stereocenters. The van der Waals surface area contributed by atoms with Gasteiger partial charge in [0.2, 0.25) is 12.7 Å². The molecule has 168 valence electrons. The van der Waals surface area contributed by atoms with Crippen molar-refractivity contribution in [3.63, 3.8) is 0 Å². The minimum Gasteiger partial charge on any atom is -0.454 e. The summed E-state index contributed by atoms with van der Waals surface area (Å²) in [6.45, 7) is 4.52. The average molecular weight is 480 g/mol. The van der Waals surface area contributed by atoms with Gasteiger partial charge >= 0.3 is 0 Å². The highest BCUT2D eigenvalue weighted by molar-refractivity contribution is 7.99. The molecule has 0 fully saturated rings. The van der Waals surface area contributed by atoms with E-state index in [1.807, 2.05) is 62.4 Å². The van der Waals surface area contributed by atoms with Crippen LogP contribution in [0.1, 0.15) is 16.0 Å². The molecule has 5 rings (SSSR count). The second kappa shape index (κ2) is 8.92. The van der Waals surface area contributed by atoms with Gasteiger partial charge in [0.25, 0.3) is 5.56 Å². The summed E-state index contributed by atoms with van der Waals surface area (Å²) in [7, 11) is 0. The number of carbonyl (C=O) groups excluding carboxylic acids is 1. The monoisotopic (exact) mass is 479 g/mol. The first-order valence-corrected chi connectivity index (χ1v) is 12.2. The maximum atomic E-state index is 13.4. The van der Waals surface area contributed by atoms with Crippen LogP contribution >= 0.6 is 23.1 Å². The summed E-state index contributed by atoms with van der Waals surface area (Å²) in [5.74, 6) is 1.38. The number of thiophene rings is 1. The van der Waals surface area contributed by atoms with Crippen molar-refractivity contribution in [1.29, 1.82) is 0 Å². The number of amides is 1. The maximum absolute atomic E-state index is 13.4. The number of fused-ring (bicyclic) bond motifs is 2. The van der Waals surface area contributed by atoms with E-state index in [0.717, 1.165) is 21.7 Å². The zero-order valence-electron chi connectivity index (χ0n) is 18.1. The number of thioether (sulfide) groups is 1. The van der Waals surface area contributed by atoms with Gasteiger partial charge in [-0.25, -0.2) is 4.98 Å². The summed E-state index contributed by atoms with van der Waals surface area (Å²) in [5, 5.41) is 4.05. The van der Waals surface area contributed by atoms with Crippen LogP contribution in [0.5, 0.6) is 11.5 Å². The van der Waals surface area contributed by atoms with Gasteiger partial charge in [-0.1, -0.05) is 36.0 Å². The molecule has 33 heavy (non-hydrogen) atoms. The number of aromatic nitrogens is 2. The molecule has 1 aliphatic heterocycles. The van der Waals surface area contributed by atoms with Crippen molar-refractivity contribution in [2.24, 2.45) is 0 Å². The lowest BCUT2D eigenvalue weighted by Crippen LogP contribution is -2.26. The Morgan fingerprint density at radius 1 is 1.15 bits per heavy atom. The Hall–Kier alpha value is -3.30. The highest BCUT2D eigenvalue weighted by Gasteiger charge is 2.19.